The van der Waals surface area contributed by atoms with E-state index in [9.17, 15) is 19.8 Å². The number of carbonyl (C=O) groups is 2. The molecule has 20 heavy (non-hydrogen) atoms. The first kappa shape index (κ1) is 14.2. The average Bonchev–Trinajstić information content (AvgIpc) is 2.48. The molecule has 0 saturated carbocycles. The third kappa shape index (κ3) is 2.68. The van der Waals surface area contributed by atoms with Gasteiger partial charge in [-0.2, -0.15) is 0 Å². The summed E-state index contributed by atoms with van der Waals surface area (Å²) in [6.45, 7) is 0.780. The predicted octanol–water partition coefficient (Wildman–Crippen LogP) is 1.12. The van der Waals surface area contributed by atoms with Crippen LogP contribution in [0.15, 0.2) is 18.2 Å². The van der Waals surface area contributed by atoms with Gasteiger partial charge >= 0.3 is 5.97 Å². The Kier molecular flexibility index (Phi) is 4.12. The fraction of sp³-hybridized carbons (Fsp3) is 0.429. The van der Waals surface area contributed by atoms with Crippen molar-refractivity contribution in [3.05, 3.63) is 23.8 Å². The molecule has 0 aromatic heterocycles. The minimum absolute atomic E-state index is 0.0375. The Balaban J connectivity index is 2.16. The topological polar surface area (TPSA) is 87.1 Å². The third-order valence-electron chi connectivity index (χ3n) is 3.49. The molecule has 6 nitrogen and oxygen atoms in total. The van der Waals surface area contributed by atoms with Crippen LogP contribution in [0.25, 0.3) is 0 Å². The molecule has 0 radical (unpaired) electrons. The number of aromatic hydroxyl groups is 2. The van der Waals surface area contributed by atoms with Crippen LogP contribution in [0.5, 0.6) is 11.5 Å². The summed E-state index contributed by atoms with van der Waals surface area (Å²) in [5.41, 5.74) is 0.0375. The summed E-state index contributed by atoms with van der Waals surface area (Å²) in [5.74, 6) is -1.83. The zero-order valence-corrected chi connectivity index (χ0v) is 11.2. The van der Waals surface area contributed by atoms with Crippen LogP contribution < -0.4 is 0 Å². The number of carbonyl (C=O) groups excluding carboxylic acids is 2. The molecule has 1 heterocycles. The molecule has 1 saturated heterocycles. The molecule has 6 heteroatoms. The van der Waals surface area contributed by atoms with Gasteiger partial charge in [-0.1, -0.05) is 6.07 Å². The first-order valence-electron chi connectivity index (χ1n) is 6.42. The number of para-hydroxylation sites is 1. The smallest absolute Gasteiger partial charge is 0.310 e. The van der Waals surface area contributed by atoms with Crippen molar-refractivity contribution in [2.75, 3.05) is 20.2 Å². The maximum absolute atomic E-state index is 12.3. The van der Waals surface area contributed by atoms with Crippen LogP contribution in [0.1, 0.15) is 23.2 Å². The molecule has 1 atom stereocenters. The Bertz CT molecular complexity index is 528. The zero-order chi connectivity index (χ0) is 14.7. The summed E-state index contributed by atoms with van der Waals surface area (Å²) in [7, 11) is 1.32. The summed E-state index contributed by atoms with van der Waals surface area (Å²) >= 11 is 0. The van der Waals surface area contributed by atoms with Crippen LogP contribution in [-0.2, 0) is 9.53 Å². The lowest BCUT2D eigenvalue weighted by atomic mass is 9.97. The van der Waals surface area contributed by atoms with Crippen molar-refractivity contribution in [3.8, 4) is 11.5 Å². The summed E-state index contributed by atoms with van der Waals surface area (Å²) in [4.78, 5) is 25.4. The number of rotatable bonds is 2. The number of likely N-dealkylation sites (tertiary alicyclic amines) is 1. The van der Waals surface area contributed by atoms with Gasteiger partial charge in [0.05, 0.1) is 18.6 Å². The number of phenolic OH excluding ortho intramolecular Hbond substituents is 2. The highest BCUT2D eigenvalue weighted by molar-refractivity contribution is 5.97. The van der Waals surface area contributed by atoms with Gasteiger partial charge in [-0.3, -0.25) is 9.59 Å². The van der Waals surface area contributed by atoms with Crippen LogP contribution >= 0.6 is 0 Å². The van der Waals surface area contributed by atoms with E-state index in [1.54, 1.807) is 0 Å². The van der Waals surface area contributed by atoms with E-state index in [0.717, 1.165) is 0 Å². The van der Waals surface area contributed by atoms with Crippen molar-refractivity contribution in [2.45, 2.75) is 12.8 Å². The number of piperidine rings is 1. The first-order valence-corrected chi connectivity index (χ1v) is 6.42. The van der Waals surface area contributed by atoms with Crippen LogP contribution in [-0.4, -0.2) is 47.2 Å². The second-order valence-corrected chi connectivity index (χ2v) is 4.79. The fourth-order valence-electron chi connectivity index (χ4n) is 2.39. The molecule has 1 aliphatic heterocycles. The van der Waals surface area contributed by atoms with Crippen LogP contribution in [0, 0.1) is 5.92 Å². The lowest BCUT2D eigenvalue weighted by Crippen LogP contribution is -2.42. The first-order chi connectivity index (χ1) is 9.54. The maximum atomic E-state index is 12.3. The number of esters is 1. The molecule has 108 valence electrons. The Morgan fingerprint density at radius 2 is 2.10 bits per heavy atom. The minimum atomic E-state index is -0.433. The Morgan fingerprint density at radius 3 is 2.80 bits per heavy atom. The highest BCUT2D eigenvalue weighted by atomic mass is 16.5. The Labute approximate surface area is 116 Å². The van der Waals surface area contributed by atoms with E-state index < -0.39 is 11.7 Å². The molecule has 1 amide bonds. The Hall–Kier alpha value is -2.24. The molecule has 0 aliphatic carbocycles. The van der Waals surface area contributed by atoms with Crippen molar-refractivity contribution in [3.63, 3.8) is 0 Å². The lowest BCUT2D eigenvalue weighted by Gasteiger charge is -2.31. The Morgan fingerprint density at radius 1 is 1.35 bits per heavy atom. The SMILES string of the molecule is COC(=O)C1CCCN(C(=O)c2cccc(O)c2O)C1. The number of benzene rings is 1. The van der Waals surface area contributed by atoms with Crippen LogP contribution in [0.2, 0.25) is 0 Å². The highest BCUT2D eigenvalue weighted by Crippen LogP contribution is 2.30. The van der Waals surface area contributed by atoms with Gasteiger partial charge in [-0.25, -0.2) is 0 Å². The number of methoxy groups -OCH3 is 1. The normalized spacial score (nSPS) is 18.6. The van der Waals surface area contributed by atoms with Gasteiger partial charge in [-0.15, -0.1) is 0 Å². The van der Waals surface area contributed by atoms with Gasteiger partial charge in [-0.05, 0) is 25.0 Å². The number of nitrogens with zero attached hydrogens (tertiary/aromatic N) is 1. The number of hydrogen-bond acceptors (Lipinski definition) is 5. The van der Waals surface area contributed by atoms with Crippen molar-refractivity contribution >= 4 is 11.9 Å². The molecule has 0 bridgehead atoms. The second-order valence-electron chi connectivity index (χ2n) is 4.79. The zero-order valence-electron chi connectivity index (χ0n) is 11.2. The third-order valence-corrected chi connectivity index (χ3v) is 3.49. The number of ether oxygens (including phenoxy) is 1. The van der Waals surface area contributed by atoms with Gasteiger partial charge in [0.2, 0.25) is 0 Å². The van der Waals surface area contributed by atoms with Gasteiger partial charge in [0.15, 0.2) is 11.5 Å². The average molecular weight is 279 g/mol. The van der Waals surface area contributed by atoms with Crippen molar-refractivity contribution in [2.24, 2.45) is 5.92 Å². The lowest BCUT2D eigenvalue weighted by molar-refractivity contribution is -0.146. The quantitative estimate of drug-likeness (QED) is 0.626. The van der Waals surface area contributed by atoms with Crippen molar-refractivity contribution in [1.82, 2.24) is 4.90 Å². The number of hydrogen-bond donors (Lipinski definition) is 2. The largest absolute Gasteiger partial charge is 0.504 e. The molecule has 1 fully saturated rings. The van der Waals surface area contributed by atoms with Crippen molar-refractivity contribution < 1.29 is 24.5 Å². The molecule has 2 N–H and O–H groups in total. The number of phenols is 2. The van der Waals surface area contributed by atoms with Crippen molar-refractivity contribution in [1.29, 1.82) is 0 Å². The van der Waals surface area contributed by atoms with E-state index in [-0.39, 0.29) is 29.7 Å². The van der Waals surface area contributed by atoms with Crippen LogP contribution in [0.3, 0.4) is 0 Å². The summed E-state index contributed by atoms with van der Waals surface area (Å²) in [6.07, 6.45) is 1.38. The van der Waals surface area contributed by atoms with E-state index >= 15 is 0 Å². The molecule has 1 aliphatic rings. The summed E-state index contributed by atoms with van der Waals surface area (Å²) in [5, 5.41) is 19.2. The summed E-state index contributed by atoms with van der Waals surface area (Å²) < 4.78 is 4.70. The molecule has 2 rings (SSSR count). The van der Waals surface area contributed by atoms with E-state index in [4.69, 9.17) is 4.74 Å². The monoisotopic (exact) mass is 279 g/mol. The molecular formula is C14H17NO5. The maximum Gasteiger partial charge on any atom is 0.310 e. The van der Waals surface area contributed by atoms with E-state index in [1.165, 1.54) is 30.2 Å². The van der Waals surface area contributed by atoms with Gasteiger partial charge in [0, 0.05) is 13.1 Å². The number of amides is 1. The molecular weight excluding hydrogens is 262 g/mol. The second kappa shape index (κ2) is 5.81. The van der Waals surface area contributed by atoms with Gasteiger partial charge < -0.3 is 19.8 Å². The van der Waals surface area contributed by atoms with Gasteiger partial charge in [0.25, 0.3) is 5.91 Å². The molecule has 1 aromatic rings. The predicted molar refractivity (Wildman–Crippen MR) is 70.4 cm³/mol. The van der Waals surface area contributed by atoms with E-state index in [1.807, 2.05) is 0 Å². The molecule has 1 unspecified atom stereocenters. The molecule has 1 aromatic carbocycles. The fourth-order valence-corrected chi connectivity index (χ4v) is 2.39. The summed E-state index contributed by atoms with van der Waals surface area (Å²) in [6, 6.07) is 4.24. The highest BCUT2D eigenvalue weighted by Gasteiger charge is 2.30. The molecule has 0 spiro atoms. The van der Waals surface area contributed by atoms with E-state index in [2.05, 4.69) is 0 Å². The van der Waals surface area contributed by atoms with E-state index in [0.29, 0.717) is 19.4 Å². The minimum Gasteiger partial charge on any atom is -0.504 e. The van der Waals surface area contributed by atoms with Gasteiger partial charge in [0.1, 0.15) is 0 Å². The van der Waals surface area contributed by atoms with Crippen LogP contribution in [0.4, 0.5) is 0 Å². The standard InChI is InChI=1S/C14H17NO5/c1-20-14(19)9-4-3-7-15(8-9)13(18)10-5-2-6-11(16)12(10)17/h2,5-6,9,16-17H,3-4,7-8H2,1H3.